The number of carboxylic acid groups (broad SMARTS) is 1. The van der Waals surface area contributed by atoms with E-state index in [1.54, 1.807) is 18.2 Å². The Labute approximate surface area is 165 Å². The van der Waals surface area contributed by atoms with Crippen LogP contribution in [0.15, 0.2) is 36.4 Å². The van der Waals surface area contributed by atoms with Crippen molar-refractivity contribution >= 4 is 17.6 Å². The second-order valence-electron chi connectivity index (χ2n) is 6.78. The maximum atomic E-state index is 12.1. The van der Waals surface area contributed by atoms with Gasteiger partial charge in [-0.15, -0.1) is 0 Å². The highest BCUT2D eigenvalue weighted by atomic mass is 16.5. The van der Waals surface area contributed by atoms with Crippen molar-refractivity contribution < 1.29 is 24.2 Å². The minimum Gasteiger partial charge on any atom is -0.493 e. The number of rotatable bonds is 10. The highest BCUT2D eigenvalue weighted by Crippen LogP contribution is 2.22. The summed E-state index contributed by atoms with van der Waals surface area (Å²) in [6, 6.07) is 11.2. The normalized spacial score (nSPS) is 10.4. The third-order valence-corrected chi connectivity index (χ3v) is 4.23. The average molecular weight is 385 g/mol. The van der Waals surface area contributed by atoms with Crippen molar-refractivity contribution in [3.05, 3.63) is 53.1 Å². The number of amides is 1. The Morgan fingerprint density at radius 3 is 2.46 bits per heavy atom. The van der Waals surface area contributed by atoms with Crippen molar-refractivity contribution in [2.24, 2.45) is 0 Å². The molecule has 28 heavy (non-hydrogen) atoms. The first-order valence-corrected chi connectivity index (χ1v) is 9.30. The summed E-state index contributed by atoms with van der Waals surface area (Å²) in [7, 11) is 0. The number of carbonyl (C=O) groups excluding carboxylic acids is 1. The van der Waals surface area contributed by atoms with Crippen LogP contribution in [0.5, 0.6) is 11.5 Å². The van der Waals surface area contributed by atoms with Crippen LogP contribution in [0.2, 0.25) is 0 Å². The topological polar surface area (TPSA) is 84.9 Å². The summed E-state index contributed by atoms with van der Waals surface area (Å²) >= 11 is 0. The Kier molecular flexibility index (Phi) is 7.87. The largest absolute Gasteiger partial charge is 0.493 e. The minimum atomic E-state index is -1.03. The molecule has 0 radical (unpaired) electrons. The molecule has 1 amide bonds. The van der Waals surface area contributed by atoms with Crippen LogP contribution in [0.25, 0.3) is 0 Å². The van der Waals surface area contributed by atoms with Gasteiger partial charge >= 0.3 is 5.97 Å². The third kappa shape index (κ3) is 6.95. The third-order valence-electron chi connectivity index (χ3n) is 4.23. The molecule has 2 aromatic rings. The lowest BCUT2D eigenvalue weighted by Gasteiger charge is -2.11. The van der Waals surface area contributed by atoms with Gasteiger partial charge in [-0.1, -0.05) is 12.1 Å². The van der Waals surface area contributed by atoms with E-state index in [-0.39, 0.29) is 5.91 Å². The van der Waals surface area contributed by atoms with E-state index in [0.717, 1.165) is 35.3 Å². The van der Waals surface area contributed by atoms with E-state index in [4.69, 9.17) is 14.6 Å². The summed E-state index contributed by atoms with van der Waals surface area (Å²) in [5.41, 5.74) is 3.78. The van der Waals surface area contributed by atoms with E-state index in [1.807, 2.05) is 32.9 Å². The Morgan fingerprint density at radius 2 is 1.75 bits per heavy atom. The summed E-state index contributed by atoms with van der Waals surface area (Å²) in [6.07, 6.45) is 1.93. The van der Waals surface area contributed by atoms with Crippen LogP contribution in [0.3, 0.4) is 0 Å². The number of nitrogens with one attached hydrogen (secondary N) is 1. The molecule has 6 nitrogen and oxygen atoms in total. The van der Waals surface area contributed by atoms with Crippen molar-refractivity contribution in [3.63, 3.8) is 0 Å². The quantitative estimate of drug-likeness (QED) is 0.597. The molecule has 0 aliphatic rings. The molecule has 0 saturated carbocycles. The molecule has 2 aromatic carbocycles. The molecule has 0 aliphatic carbocycles. The van der Waals surface area contributed by atoms with Gasteiger partial charge < -0.3 is 19.9 Å². The Balaban J connectivity index is 1.72. The number of unbranched alkanes of at least 4 members (excludes halogenated alkanes) is 1. The van der Waals surface area contributed by atoms with Crippen LogP contribution in [0, 0.1) is 20.8 Å². The number of carboxylic acids is 1. The zero-order valence-corrected chi connectivity index (χ0v) is 16.6. The second-order valence-corrected chi connectivity index (χ2v) is 6.78. The van der Waals surface area contributed by atoms with Crippen molar-refractivity contribution in [1.82, 2.24) is 0 Å². The summed E-state index contributed by atoms with van der Waals surface area (Å²) < 4.78 is 10.9. The molecule has 2 N–H and O–H groups in total. The number of aliphatic carboxylic acids is 1. The van der Waals surface area contributed by atoms with Gasteiger partial charge in [0.15, 0.2) is 6.61 Å². The van der Waals surface area contributed by atoms with Gasteiger partial charge in [0.25, 0.3) is 0 Å². The molecular formula is C22H27NO5. The predicted octanol–water partition coefficient (Wildman–Crippen LogP) is 4.26. The van der Waals surface area contributed by atoms with Gasteiger partial charge in [-0.05, 0) is 74.6 Å². The van der Waals surface area contributed by atoms with E-state index < -0.39 is 12.6 Å². The number of anilines is 1. The molecule has 0 unspecified atom stereocenters. The van der Waals surface area contributed by atoms with E-state index >= 15 is 0 Å². The molecule has 150 valence electrons. The Bertz CT molecular complexity index is 832. The van der Waals surface area contributed by atoms with Crippen molar-refractivity contribution in [2.45, 2.75) is 40.0 Å². The number of hydrogen-bond acceptors (Lipinski definition) is 4. The van der Waals surface area contributed by atoms with E-state index in [2.05, 4.69) is 11.4 Å². The summed E-state index contributed by atoms with van der Waals surface area (Å²) in [5.74, 6) is 0.261. The number of carbonyl (C=O) groups is 2. The predicted molar refractivity (Wildman–Crippen MR) is 108 cm³/mol. The SMILES string of the molecule is Cc1ccc(C)c(OCCCCC(=O)Nc2ccc(OCC(=O)O)cc2C)c1. The smallest absolute Gasteiger partial charge is 0.341 e. The first kappa shape index (κ1) is 21.3. The van der Waals surface area contributed by atoms with Crippen LogP contribution in [-0.4, -0.2) is 30.2 Å². The summed E-state index contributed by atoms with van der Waals surface area (Å²) in [6.45, 7) is 6.06. The van der Waals surface area contributed by atoms with Crippen LogP contribution in [0.1, 0.15) is 36.0 Å². The van der Waals surface area contributed by atoms with E-state index in [9.17, 15) is 9.59 Å². The van der Waals surface area contributed by atoms with Gasteiger partial charge in [0, 0.05) is 12.1 Å². The fourth-order valence-corrected chi connectivity index (χ4v) is 2.66. The molecule has 0 fully saturated rings. The molecule has 2 rings (SSSR count). The second kappa shape index (κ2) is 10.3. The zero-order chi connectivity index (χ0) is 20.5. The van der Waals surface area contributed by atoms with Gasteiger partial charge in [-0.2, -0.15) is 0 Å². The lowest BCUT2D eigenvalue weighted by atomic mass is 10.1. The van der Waals surface area contributed by atoms with Gasteiger partial charge in [-0.25, -0.2) is 4.79 Å². The molecular weight excluding hydrogens is 358 g/mol. The van der Waals surface area contributed by atoms with Crippen LogP contribution in [0.4, 0.5) is 5.69 Å². The van der Waals surface area contributed by atoms with Crippen molar-refractivity contribution in [2.75, 3.05) is 18.5 Å². The summed E-state index contributed by atoms with van der Waals surface area (Å²) in [4.78, 5) is 22.7. The fourth-order valence-electron chi connectivity index (χ4n) is 2.66. The molecule has 0 spiro atoms. The minimum absolute atomic E-state index is 0.0611. The maximum Gasteiger partial charge on any atom is 0.341 e. The number of benzene rings is 2. The van der Waals surface area contributed by atoms with Crippen LogP contribution >= 0.6 is 0 Å². The monoisotopic (exact) mass is 385 g/mol. The number of hydrogen-bond donors (Lipinski definition) is 2. The van der Waals surface area contributed by atoms with Crippen molar-refractivity contribution in [3.8, 4) is 11.5 Å². The highest BCUT2D eigenvalue weighted by Gasteiger charge is 2.07. The lowest BCUT2D eigenvalue weighted by molar-refractivity contribution is -0.139. The first-order valence-electron chi connectivity index (χ1n) is 9.30. The van der Waals surface area contributed by atoms with Crippen molar-refractivity contribution in [1.29, 1.82) is 0 Å². The maximum absolute atomic E-state index is 12.1. The van der Waals surface area contributed by atoms with Crippen LogP contribution in [-0.2, 0) is 9.59 Å². The molecule has 0 atom stereocenters. The molecule has 6 heteroatoms. The molecule has 0 aromatic heterocycles. The number of ether oxygens (including phenoxy) is 2. The van der Waals surface area contributed by atoms with E-state index in [1.165, 1.54) is 0 Å². The molecule has 0 heterocycles. The van der Waals surface area contributed by atoms with Gasteiger partial charge in [0.2, 0.25) is 5.91 Å². The fraction of sp³-hybridized carbons (Fsp3) is 0.364. The lowest BCUT2D eigenvalue weighted by Crippen LogP contribution is -2.13. The molecule has 0 saturated heterocycles. The highest BCUT2D eigenvalue weighted by molar-refractivity contribution is 5.91. The standard InChI is InChI=1S/C22H27NO5/c1-15-7-8-16(2)20(12-15)27-11-5-4-6-21(24)23-19-10-9-18(13-17(19)3)28-14-22(25)26/h7-10,12-13H,4-6,11,14H2,1-3H3,(H,23,24)(H,25,26). The Morgan fingerprint density at radius 1 is 0.964 bits per heavy atom. The van der Waals surface area contributed by atoms with Gasteiger partial charge in [-0.3, -0.25) is 4.79 Å². The Hall–Kier alpha value is -3.02. The van der Waals surface area contributed by atoms with Gasteiger partial charge in [0.1, 0.15) is 11.5 Å². The zero-order valence-electron chi connectivity index (χ0n) is 16.6. The average Bonchev–Trinajstić information content (AvgIpc) is 2.64. The van der Waals surface area contributed by atoms with Crippen LogP contribution < -0.4 is 14.8 Å². The van der Waals surface area contributed by atoms with Gasteiger partial charge in [0.05, 0.1) is 6.61 Å². The van der Waals surface area contributed by atoms with E-state index in [0.29, 0.717) is 24.5 Å². The molecule has 0 aliphatic heterocycles. The first-order chi connectivity index (χ1) is 13.3. The summed E-state index contributed by atoms with van der Waals surface area (Å²) in [5, 5.41) is 11.5. The molecule has 0 bridgehead atoms. The number of aryl methyl sites for hydroxylation is 3.